The third-order valence-corrected chi connectivity index (χ3v) is 6.73. The van der Waals surface area contributed by atoms with Gasteiger partial charge in [-0.25, -0.2) is 9.78 Å². The van der Waals surface area contributed by atoms with Gasteiger partial charge in [0.15, 0.2) is 10.8 Å². The molecule has 0 unspecified atom stereocenters. The Bertz CT molecular complexity index is 1600. The Morgan fingerprint density at radius 3 is 2.18 bits per heavy atom. The van der Waals surface area contributed by atoms with Gasteiger partial charge in [0.05, 0.1) is 7.11 Å². The van der Waals surface area contributed by atoms with E-state index in [0.29, 0.717) is 22.2 Å². The van der Waals surface area contributed by atoms with E-state index in [1.54, 1.807) is 24.3 Å². The van der Waals surface area contributed by atoms with Crippen LogP contribution in [0.25, 0.3) is 23.0 Å². The first kappa shape index (κ1) is 25.9. The molecule has 0 fully saturated rings. The van der Waals surface area contributed by atoms with Gasteiger partial charge in [0.1, 0.15) is 0 Å². The van der Waals surface area contributed by atoms with Crippen LogP contribution in [0.1, 0.15) is 33.4 Å². The van der Waals surface area contributed by atoms with E-state index in [9.17, 15) is 9.59 Å². The maximum absolute atomic E-state index is 12.8. The standard InChI is InChI=1S/C29H24N4O5S/c1-17-9-13-19(14-10-17)24(34)30-22(28(35)36-3)26-32-33-27(37-26)23-29(39-21-15-11-18(2)12-16-21)38-25(31-23)20-7-5-4-6-8-20/h4-16,22H,1-3H3,(H,30,34)/t22-/m1/s1. The van der Waals surface area contributed by atoms with Crippen LogP contribution < -0.4 is 5.32 Å². The molecule has 1 N–H and O–H groups in total. The summed E-state index contributed by atoms with van der Waals surface area (Å²) in [7, 11) is 1.21. The highest BCUT2D eigenvalue weighted by atomic mass is 32.2. The topological polar surface area (TPSA) is 120 Å². The van der Waals surface area contributed by atoms with Crippen LogP contribution in [0.5, 0.6) is 0 Å². The quantitative estimate of drug-likeness (QED) is 0.243. The summed E-state index contributed by atoms with van der Waals surface area (Å²) in [6, 6.07) is 23.0. The van der Waals surface area contributed by atoms with E-state index in [0.717, 1.165) is 21.6 Å². The van der Waals surface area contributed by atoms with Crippen LogP contribution >= 0.6 is 11.8 Å². The zero-order valence-electron chi connectivity index (χ0n) is 21.4. The number of rotatable bonds is 8. The van der Waals surface area contributed by atoms with Crippen molar-refractivity contribution in [3.8, 4) is 23.0 Å². The lowest BCUT2D eigenvalue weighted by Gasteiger charge is -2.13. The molecule has 2 heterocycles. The van der Waals surface area contributed by atoms with E-state index in [1.807, 2.05) is 68.4 Å². The van der Waals surface area contributed by atoms with Crippen molar-refractivity contribution in [3.63, 3.8) is 0 Å². The van der Waals surface area contributed by atoms with Crippen LogP contribution in [0.2, 0.25) is 0 Å². The maximum Gasteiger partial charge on any atom is 0.338 e. The van der Waals surface area contributed by atoms with Crippen molar-refractivity contribution in [2.24, 2.45) is 0 Å². The molecule has 0 spiro atoms. The number of benzene rings is 3. The Morgan fingerprint density at radius 1 is 0.846 bits per heavy atom. The Morgan fingerprint density at radius 2 is 1.51 bits per heavy atom. The first-order valence-corrected chi connectivity index (χ1v) is 12.8. The molecular formula is C29H24N4O5S. The number of oxazole rings is 1. The monoisotopic (exact) mass is 540 g/mol. The summed E-state index contributed by atoms with van der Waals surface area (Å²) in [5.41, 5.74) is 3.58. The molecule has 0 radical (unpaired) electrons. The number of nitrogens with one attached hydrogen (secondary N) is 1. The fourth-order valence-electron chi connectivity index (χ4n) is 3.63. The second kappa shape index (κ2) is 11.4. The second-order valence-electron chi connectivity index (χ2n) is 8.68. The van der Waals surface area contributed by atoms with Crippen LogP contribution in [-0.4, -0.2) is 34.2 Å². The number of aromatic nitrogens is 3. The van der Waals surface area contributed by atoms with E-state index in [1.165, 1.54) is 18.9 Å². The number of aryl methyl sites for hydroxylation is 2. The van der Waals surface area contributed by atoms with Crippen LogP contribution in [0.3, 0.4) is 0 Å². The van der Waals surface area contributed by atoms with Crippen LogP contribution in [-0.2, 0) is 9.53 Å². The van der Waals surface area contributed by atoms with Gasteiger partial charge in [-0.1, -0.05) is 53.6 Å². The highest BCUT2D eigenvalue weighted by Gasteiger charge is 2.31. The van der Waals surface area contributed by atoms with Crippen molar-refractivity contribution >= 4 is 23.6 Å². The SMILES string of the molecule is COC(=O)[C@H](NC(=O)c1ccc(C)cc1)c1nnc(-c2nc(-c3ccccc3)oc2Sc2ccc(C)cc2)o1. The molecule has 5 aromatic rings. The summed E-state index contributed by atoms with van der Waals surface area (Å²) in [5.74, 6) is -0.993. The minimum Gasteiger partial charge on any atom is -0.467 e. The van der Waals surface area contributed by atoms with Crippen LogP contribution in [0.15, 0.2) is 97.7 Å². The van der Waals surface area contributed by atoms with Crippen molar-refractivity contribution < 1.29 is 23.2 Å². The van der Waals surface area contributed by atoms with Gasteiger partial charge >= 0.3 is 5.97 Å². The molecule has 0 bridgehead atoms. The Labute approximate surface area is 228 Å². The Hall–Kier alpha value is -4.70. The van der Waals surface area contributed by atoms with E-state index >= 15 is 0 Å². The summed E-state index contributed by atoms with van der Waals surface area (Å²) >= 11 is 1.35. The van der Waals surface area contributed by atoms with Crippen molar-refractivity contribution in [3.05, 3.63) is 101 Å². The smallest absolute Gasteiger partial charge is 0.338 e. The Kier molecular flexibility index (Phi) is 7.55. The van der Waals surface area contributed by atoms with Crippen molar-refractivity contribution in [1.29, 1.82) is 0 Å². The van der Waals surface area contributed by atoms with Crippen LogP contribution in [0, 0.1) is 13.8 Å². The van der Waals surface area contributed by atoms with E-state index in [-0.39, 0.29) is 11.8 Å². The molecule has 1 amide bonds. The molecule has 0 aliphatic carbocycles. The highest BCUT2D eigenvalue weighted by molar-refractivity contribution is 7.99. The molecule has 3 aromatic carbocycles. The maximum atomic E-state index is 12.8. The molecular weight excluding hydrogens is 516 g/mol. The molecule has 0 saturated carbocycles. The fourth-order valence-corrected chi connectivity index (χ4v) is 4.47. The molecule has 196 valence electrons. The lowest BCUT2D eigenvalue weighted by Crippen LogP contribution is -2.34. The van der Waals surface area contributed by atoms with E-state index in [2.05, 4.69) is 20.5 Å². The van der Waals surface area contributed by atoms with Gasteiger partial charge in [-0.2, -0.15) is 0 Å². The normalized spacial score (nSPS) is 11.7. The predicted octanol–water partition coefficient (Wildman–Crippen LogP) is 5.80. The molecule has 9 nitrogen and oxygen atoms in total. The first-order chi connectivity index (χ1) is 18.9. The zero-order chi connectivity index (χ0) is 27.4. The first-order valence-electron chi connectivity index (χ1n) is 12.0. The van der Waals surface area contributed by atoms with Gasteiger partial charge in [-0.15, -0.1) is 10.2 Å². The van der Waals surface area contributed by atoms with E-state index in [4.69, 9.17) is 13.6 Å². The number of carbonyl (C=O) groups excluding carboxylic acids is 2. The molecule has 1 atom stereocenters. The highest BCUT2D eigenvalue weighted by Crippen LogP contribution is 2.39. The molecule has 0 saturated heterocycles. The number of amides is 1. The third kappa shape index (κ3) is 5.91. The molecule has 0 aliphatic rings. The molecule has 2 aromatic heterocycles. The minimum absolute atomic E-state index is 0.0315. The fraction of sp³-hybridized carbons (Fsp3) is 0.138. The van der Waals surface area contributed by atoms with Gasteiger partial charge in [-0.05, 0) is 62.0 Å². The van der Waals surface area contributed by atoms with Gasteiger partial charge in [0.25, 0.3) is 17.7 Å². The molecule has 10 heteroatoms. The van der Waals surface area contributed by atoms with Gasteiger partial charge in [0.2, 0.25) is 11.9 Å². The average Bonchev–Trinajstić information content (AvgIpc) is 3.61. The van der Waals surface area contributed by atoms with Gasteiger partial charge < -0.3 is 18.9 Å². The van der Waals surface area contributed by atoms with Crippen LogP contribution in [0.4, 0.5) is 0 Å². The predicted molar refractivity (Wildman–Crippen MR) is 144 cm³/mol. The van der Waals surface area contributed by atoms with E-state index < -0.39 is 17.9 Å². The molecule has 0 aliphatic heterocycles. The van der Waals surface area contributed by atoms with Crippen molar-refractivity contribution in [2.45, 2.75) is 29.9 Å². The number of carbonyl (C=O) groups is 2. The summed E-state index contributed by atoms with van der Waals surface area (Å²) < 4.78 is 16.9. The molecule has 39 heavy (non-hydrogen) atoms. The number of methoxy groups -OCH3 is 1. The Balaban J connectivity index is 1.49. The summed E-state index contributed by atoms with van der Waals surface area (Å²) in [4.78, 5) is 31.0. The number of hydrogen-bond donors (Lipinski definition) is 1. The number of esters is 1. The second-order valence-corrected chi connectivity index (χ2v) is 9.72. The van der Waals surface area contributed by atoms with Gasteiger partial charge in [0, 0.05) is 16.0 Å². The number of hydrogen-bond acceptors (Lipinski definition) is 9. The third-order valence-electron chi connectivity index (χ3n) is 5.76. The number of ether oxygens (including phenoxy) is 1. The van der Waals surface area contributed by atoms with Gasteiger partial charge in [-0.3, -0.25) is 4.79 Å². The number of nitrogens with zero attached hydrogens (tertiary/aromatic N) is 3. The summed E-state index contributed by atoms with van der Waals surface area (Å²) in [6.45, 7) is 3.93. The largest absolute Gasteiger partial charge is 0.467 e. The van der Waals surface area contributed by atoms with Crippen molar-refractivity contribution in [2.75, 3.05) is 7.11 Å². The average molecular weight is 541 g/mol. The molecule has 5 rings (SSSR count). The summed E-state index contributed by atoms with van der Waals surface area (Å²) in [5, 5.41) is 11.2. The summed E-state index contributed by atoms with van der Waals surface area (Å²) in [6.07, 6.45) is 0. The van der Waals surface area contributed by atoms with Crippen molar-refractivity contribution in [1.82, 2.24) is 20.5 Å². The zero-order valence-corrected chi connectivity index (χ0v) is 22.2. The minimum atomic E-state index is -1.32. The lowest BCUT2D eigenvalue weighted by molar-refractivity contribution is -0.143. The lowest BCUT2D eigenvalue weighted by atomic mass is 10.1.